The molecule has 0 bridgehead atoms. The predicted molar refractivity (Wildman–Crippen MR) is 141 cm³/mol. The van der Waals surface area contributed by atoms with Crippen LogP contribution in [0, 0.1) is 5.92 Å². The summed E-state index contributed by atoms with van der Waals surface area (Å²) in [6.45, 7) is 6.22. The number of halogens is 4. The van der Waals surface area contributed by atoms with Crippen molar-refractivity contribution < 1.29 is 9.59 Å². The van der Waals surface area contributed by atoms with Crippen LogP contribution in [0.25, 0.3) is 0 Å². The number of hydrogen-bond acceptors (Lipinski definition) is 4. The molecular weight excluding hydrogens is 563 g/mol. The Labute approximate surface area is 222 Å². The molecule has 2 aromatic carbocycles. The second kappa shape index (κ2) is 10.1. The Morgan fingerprint density at radius 2 is 1.85 bits per heavy atom. The zero-order valence-corrected chi connectivity index (χ0v) is 22.7. The zero-order chi connectivity index (χ0) is 24.7. The molecule has 2 aliphatic heterocycles. The Hall–Kier alpha value is -1.80. The highest BCUT2D eigenvalue weighted by Gasteiger charge is 2.46. The van der Waals surface area contributed by atoms with Gasteiger partial charge in [-0.2, -0.15) is 0 Å². The lowest BCUT2D eigenvalue weighted by molar-refractivity contribution is -0.124. The number of anilines is 1. The number of carbonyl (C=O) groups is 2. The largest absolute Gasteiger partial charge is 0.353 e. The maximum Gasteiger partial charge on any atom is 0.254 e. The van der Waals surface area contributed by atoms with Crippen LogP contribution in [0.1, 0.15) is 37.6 Å². The number of aliphatic imine (C=N–C) groups is 1. The van der Waals surface area contributed by atoms with E-state index in [-0.39, 0.29) is 35.9 Å². The van der Waals surface area contributed by atoms with E-state index in [4.69, 9.17) is 39.8 Å². The van der Waals surface area contributed by atoms with E-state index in [1.165, 1.54) is 0 Å². The lowest BCUT2D eigenvalue weighted by atomic mass is 9.85. The summed E-state index contributed by atoms with van der Waals surface area (Å²) < 4.78 is 0.821. The highest BCUT2D eigenvalue weighted by Crippen LogP contribution is 2.37. The van der Waals surface area contributed by atoms with Gasteiger partial charge in [0.25, 0.3) is 5.91 Å². The topological polar surface area (TPSA) is 65.0 Å². The van der Waals surface area contributed by atoms with Crippen molar-refractivity contribution in [1.29, 1.82) is 0 Å². The smallest absolute Gasteiger partial charge is 0.254 e. The monoisotopic (exact) mass is 584 g/mol. The van der Waals surface area contributed by atoms with Crippen LogP contribution in [0.2, 0.25) is 15.1 Å². The number of benzene rings is 2. The molecule has 2 heterocycles. The van der Waals surface area contributed by atoms with Crippen molar-refractivity contribution in [2.45, 2.75) is 45.3 Å². The van der Waals surface area contributed by atoms with Crippen LogP contribution >= 0.6 is 50.7 Å². The van der Waals surface area contributed by atoms with E-state index in [0.717, 1.165) is 4.47 Å². The zero-order valence-electron chi connectivity index (χ0n) is 18.9. The Balaban J connectivity index is 1.68. The van der Waals surface area contributed by atoms with Crippen molar-refractivity contribution >= 4 is 74.2 Å². The third-order valence-corrected chi connectivity index (χ3v) is 7.54. The Morgan fingerprint density at radius 1 is 1.12 bits per heavy atom. The van der Waals surface area contributed by atoms with Crippen molar-refractivity contribution in [3.63, 3.8) is 0 Å². The van der Waals surface area contributed by atoms with Gasteiger partial charge in [0.05, 0.1) is 32.7 Å². The van der Waals surface area contributed by atoms with E-state index >= 15 is 0 Å². The highest BCUT2D eigenvalue weighted by atomic mass is 79.9. The van der Waals surface area contributed by atoms with Crippen LogP contribution in [0.4, 0.5) is 5.69 Å². The molecule has 1 N–H and O–H groups in total. The normalized spacial score (nSPS) is 22.5. The fraction of sp³-hybridized carbons (Fsp3) is 0.375. The fourth-order valence-electron chi connectivity index (χ4n) is 4.38. The first kappa shape index (κ1) is 25.3. The van der Waals surface area contributed by atoms with Gasteiger partial charge in [-0.3, -0.25) is 9.59 Å². The summed E-state index contributed by atoms with van der Waals surface area (Å²) in [7, 11) is 0. The first-order chi connectivity index (χ1) is 16.1. The number of fused-ring (bicyclic) bond motifs is 1. The number of guanidine groups is 1. The molecule has 2 unspecified atom stereocenters. The molecule has 0 spiro atoms. The van der Waals surface area contributed by atoms with Crippen LogP contribution in [0.15, 0.2) is 45.9 Å². The van der Waals surface area contributed by atoms with Crippen LogP contribution in [0.5, 0.6) is 0 Å². The average molecular weight is 587 g/mol. The Kier molecular flexibility index (Phi) is 7.48. The Bertz CT molecular complexity index is 1170. The number of piperidine rings is 1. The van der Waals surface area contributed by atoms with Crippen molar-refractivity contribution in [2.24, 2.45) is 10.9 Å². The lowest BCUT2D eigenvalue weighted by Gasteiger charge is -2.45. The van der Waals surface area contributed by atoms with Gasteiger partial charge in [-0.1, -0.05) is 50.7 Å². The number of hydrogen-bond donors (Lipinski definition) is 1. The van der Waals surface area contributed by atoms with Crippen LogP contribution in [0.3, 0.4) is 0 Å². The molecule has 0 aromatic heterocycles. The molecule has 2 aliphatic rings. The molecule has 2 amide bonds. The van der Waals surface area contributed by atoms with Crippen LogP contribution in [-0.2, 0) is 4.79 Å². The summed E-state index contributed by atoms with van der Waals surface area (Å²) in [4.78, 5) is 35.3. The number of likely N-dealkylation sites (tertiary alicyclic amines) is 1. The quantitative estimate of drug-likeness (QED) is 0.478. The Morgan fingerprint density at radius 3 is 2.50 bits per heavy atom. The van der Waals surface area contributed by atoms with E-state index in [9.17, 15) is 9.59 Å². The molecular formula is C24H24BrCl3N4O2. The highest BCUT2D eigenvalue weighted by molar-refractivity contribution is 9.10. The maximum absolute atomic E-state index is 13.8. The van der Waals surface area contributed by atoms with Gasteiger partial charge in [-0.25, -0.2) is 9.89 Å². The number of carbonyl (C=O) groups excluding carboxylic acids is 2. The number of nitrogens with zero attached hydrogens (tertiary/aromatic N) is 3. The summed E-state index contributed by atoms with van der Waals surface area (Å²) >= 11 is 22.1. The molecule has 3 atom stereocenters. The summed E-state index contributed by atoms with van der Waals surface area (Å²) in [6.07, 6.45) is 0.486. The second-order valence-corrected chi connectivity index (χ2v) is 11.0. The van der Waals surface area contributed by atoms with E-state index in [1.807, 2.05) is 26.8 Å². The molecule has 2 aromatic rings. The molecule has 4 rings (SSSR count). The molecule has 1 saturated heterocycles. The summed E-state index contributed by atoms with van der Waals surface area (Å²) in [6, 6.07) is 9.74. The average Bonchev–Trinajstić information content (AvgIpc) is 2.76. The molecule has 1 fully saturated rings. The molecule has 34 heavy (non-hydrogen) atoms. The molecule has 180 valence electrons. The SMILES string of the molecule is CC(C)NC1=NC2CN(C(=O)c3ccc(Cl)c(Cl)c3)[C@H](C)CC2C(=O)N1c1ccc(Br)cc1Cl. The summed E-state index contributed by atoms with van der Waals surface area (Å²) in [5, 5.41) is 4.45. The van der Waals surface area contributed by atoms with E-state index in [1.54, 1.807) is 40.1 Å². The van der Waals surface area contributed by atoms with E-state index in [2.05, 4.69) is 21.2 Å². The molecule has 6 nitrogen and oxygen atoms in total. The van der Waals surface area contributed by atoms with E-state index in [0.29, 0.717) is 45.2 Å². The van der Waals surface area contributed by atoms with Gasteiger partial charge in [0.2, 0.25) is 11.9 Å². The van der Waals surface area contributed by atoms with Crippen LogP contribution < -0.4 is 10.2 Å². The molecule has 10 heteroatoms. The number of nitrogens with one attached hydrogen (secondary N) is 1. The minimum absolute atomic E-state index is 0.0382. The molecule has 0 aliphatic carbocycles. The second-order valence-electron chi connectivity index (χ2n) is 8.87. The van der Waals surface area contributed by atoms with Crippen molar-refractivity contribution in [2.75, 3.05) is 11.4 Å². The summed E-state index contributed by atoms with van der Waals surface area (Å²) in [5.74, 6) is -0.183. The van der Waals surface area contributed by atoms with Crippen molar-refractivity contribution in [3.05, 3.63) is 61.5 Å². The van der Waals surface area contributed by atoms with Crippen molar-refractivity contribution in [1.82, 2.24) is 10.2 Å². The van der Waals surface area contributed by atoms with Gasteiger partial charge in [0.1, 0.15) is 0 Å². The minimum Gasteiger partial charge on any atom is -0.353 e. The van der Waals surface area contributed by atoms with Gasteiger partial charge >= 0.3 is 0 Å². The van der Waals surface area contributed by atoms with Crippen LogP contribution in [-0.4, -0.2) is 47.3 Å². The molecule has 0 saturated carbocycles. The van der Waals surface area contributed by atoms with Gasteiger partial charge < -0.3 is 10.2 Å². The van der Waals surface area contributed by atoms with Gasteiger partial charge in [-0.05, 0) is 63.6 Å². The van der Waals surface area contributed by atoms with Gasteiger partial charge in [0.15, 0.2) is 0 Å². The number of rotatable bonds is 3. The number of amides is 2. The van der Waals surface area contributed by atoms with Crippen molar-refractivity contribution in [3.8, 4) is 0 Å². The third-order valence-electron chi connectivity index (χ3n) is 6.01. The lowest BCUT2D eigenvalue weighted by Crippen LogP contribution is -2.61. The first-order valence-electron chi connectivity index (χ1n) is 11.0. The standard InChI is InChI=1S/C24H24BrCl3N4O2/c1-12(2)29-24-30-20-11-31(22(33)14-4-6-17(26)18(27)9-14)13(3)8-16(20)23(34)32(24)21-7-5-15(25)10-19(21)28/h4-7,9-10,12-13,16,20H,8,11H2,1-3H3,(H,29,30)/t13-,16?,20?/m1/s1. The minimum atomic E-state index is -0.373. The third kappa shape index (κ3) is 4.94. The maximum atomic E-state index is 13.8. The summed E-state index contributed by atoms with van der Waals surface area (Å²) in [5.41, 5.74) is 1.02. The predicted octanol–water partition coefficient (Wildman–Crippen LogP) is 6.03. The molecule has 0 radical (unpaired) electrons. The van der Waals surface area contributed by atoms with Gasteiger partial charge in [-0.15, -0.1) is 0 Å². The van der Waals surface area contributed by atoms with Gasteiger partial charge in [0, 0.05) is 28.7 Å². The van der Waals surface area contributed by atoms with E-state index < -0.39 is 0 Å². The first-order valence-corrected chi connectivity index (χ1v) is 12.9. The fourth-order valence-corrected chi connectivity index (χ4v) is 5.43.